The molecule has 1 aromatic heterocycles. The molecule has 0 aliphatic heterocycles. The zero-order valence-corrected chi connectivity index (χ0v) is 20.5. The number of anilines is 1. The number of aromatic nitrogens is 3. The second-order valence-corrected chi connectivity index (χ2v) is 8.76. The summed E-state index contributed by atoms with van der Waals surface area (Å²) in [7, 11) is 3.36. The Bertz CT molecular complexity index is 1110. The third kappa shape index (κ3) is 7.24. The molecule has 180 valence electrons. The summed E-state index contributed by atoms with van der Waals surface area (Å²) < 4.78 is 12.4. The molecule has 2 aromatic carbocycles. The minimum absolute atomic E-state index is 0.0923. The van der Waals surface area contributed by atoms with Gasteiger partial charge in [-0.15, -0.1) is 10.2 Å². The molecule has 3 rings (SSSR count). The predicted molar refractivity (Wildman–Crippen MR) is 131 cm³/mol. The molecule has 0 aliphatic carbocycles. The maximum Gasteiger partial charge on any atom is 0.258 e. The smallest absolute Gasteiger partial charge is 0.258 e. The molecule has 0 saturated carbocycles. The molecule has 0 saturated heterocycles. The molecule has 0 bridgehead atoms. The molecule has 0 unspecified atom stereocenters. The summed E-state index contributed by atoms with van der Waals surface area (Å²) in [5, 5.41) is 14.4. The molecular formula is C24H29N5O4S. The van der Waals surface area contributed by atoms with Crippen molar-refractivity contribution in [1.29, 1.82) is 0 Å². The van der Waals surface area contributed by atoms with Crippen LogP contribution in [0, 0.1) is 0 Å². The zero-order chi connectivity index (χ0) is 24.5. The highest BCUT2D eigenvalue weighted by molar-refractivity contribution is 7.99. The van der Waals surface area contributed by atoms with Crippen LogP contribution in [0.25, 0.3) is 0 Å². The van der Waals surface area contributed by atoms with E-state index in [9.17, 15) is 9.59 Å². The fourth-order valence-electron chi connectivity index (χ4n) is 2.98. The summed E-state index contributed by atoms with van der Waals surface area (Å²) >= 11 is 1.26. The number of carbonyl (C=O) groups is 2. The van der Waals surface area contributed by atoms with Crippen molar-refractivity contribution in [2.75, 3.05) is 24.8 Å². The van der Waals surface area contributed by atoms with Crippen molar-refractivity contribution < 1.29 is 19.1 Å². The van der Waals surface area contributed by atoms with E-state index in [0.717, 1.165) is 0 Å². The van der Waals surface area contributed by atoms with Gasteiger partial charge in [-0.3, -0.25) is 9.59 Å². The lowest BCUT2D eigenvalue weighted by atomic mass is 10.0. The van der Waals surface area contributed by atoms with E-state index in [-0.39, 0.29) is 30.7 Å². The average Bonchev–Trinajstić information content (AvgIpc) is 3.19. The molecule has 9 nitrogen and oxygen atoms in total. The van der Waals surface area contributed by atoms with E-state index in [4.69, 9.17) is 9.47 Å². The number of nitrogens with zero attached hydrogens (tertiary/aromatic N) is 3. The van der Waals surface area contributed by atoms with Crippen molar-refractivity contribution >= 4 is 29.3 Å². The first-order chi connectivity index (χ1) is 16.4. The highest BCUT2D eigenvalue weighted by Gasteiger charge is 2.13. The number of carbonyl (C=O) groups excluding carboxylic acids is 2. The Morgan fingerprint density at radius 1 is 1.06 bits per heavy atom. The van der Waals surface area contributed by atoms with Gasteiger partial charge in [0, 0.05) is 18.8 Å². The lowest BCUT2D eigenvalue weighted by molar-refractivity contribution is -0.123. The van der Waals surface area contributed by atoms with E-state index >= 15 is 0 Å². The van der Waals surface area contributed by atoms with Crippen molar-refractivity contribution in [3.8, 4) is 11.5 Å². The quantitative estimate of drug-likeness (QED) is 0.403. The van der Waals surface area contributed by atoms with Crippen LogP contribution in [0.3, 0.4) is 0 Å². The largest absolute Gasteiger partial charge is 0.497 e. The van der Waals surface area contributed by atoms with E-state index < -0.39 is 0 Å². The van der Waals surface area contributed by atoms with Crippen LogP contribution in [0.4, 0.5) is 5.69 Å². The molecule has 34 heavy (non-hydrogen) atoms. The maximum atomic E-state index is 12.3. The van der Waals surface area contributed by atoms with Gasteiger partial charge >= 0.3 is 0 Å². The van der Waals surface area contributed by atoms with Gasteiger partial charge in [0.2, 0.25) is 5.91 Å². The Morgan fingerprint density at radius 2 is 1.82 bits per heavy atom. The van der Waals surface area contributed by atoms with Crippen LogP contribution in [0.1, 0.15) is 31.2 Å². The van der Waals surface area contributed by atoms with E-state index in [2.05, 4.69) is 34.7 Å². The predicted octanol–water partition coefficient (Wildman–Crippen LogP) is 3.37. The third-order valence-corrected chi connectivity index (χ3v) is 5.99. The molecule has 10 heteroatoms. The van der Waals surface area contributed by atoms with Crippen molar-refractivity contribution in [3.63, 3.8) is 0 Å². The Kier molecular flexibility index (Phi) is 8.92. The second-order valence-electron chi connectivity index (χ2n) is 7.82. The monoisotopic (exact) mass is 483 g/mol. The van der Waals surface area contributed by atoms with Gasteiger partial charge in [0.05, 0.1) is 19.4 Å². The molecule has 1 heterocycles. The van der Waals surface area contributed by atoms with Gasteiger partial charge in [0.1, 0.15) is 11.5 Å². The molecule has 2 N–H and O–H groups in total. The van der Waals surface area contributed by atoms with E-state index in [1.165, 1.54) is 17.3 Å². The minimum atomic E-state index is -0.261. The summed E-state index contributed by atoms with van der Waals surface area (Å²) in [5.74, 6) is 2.06. The lowest BCUT2D eigenvalue weighted by Gasteiger charge is -2.09. The Morgan fingerprint density at radius 3 is 2.53 bits per heavy atom. The number of ether oxygens (including phenoxy) is 2. The minimum Gasteiger partial charge on any atom is -0.497 e. The summed E-state index contributed by atoms with van der Waals surface area (Å²) in [6.07, 6.45) is 0. The molecular weight excluding hydrogens is 454 g/mol. The van der Waals surface area contributed by atoms with Gasteiger partial charge < -0.3 is 24.7 Å². The number of methoxy groups -OCH3 is 1. The fraction of sp³-hybridized carbons (Fsp3) is 0.333. The molecule has 0 atom stereocenters. The van der Waals surface area contributed by atoms with Gasteiger partial charge in [0.15, 0.2) is 17.6 Å². The number of rotatable bonds is 11. The number of amides is 2. The van der Waals surface area contributed by atoms with Crippen LogP contribution < -0.4 is 20.1 Å². The van der Waals surface area contributed by atoms with Gasteiger partial charge in [-0.2, -0.15) is 0 Å². The number of benzene rings is 2. The van der Waals surface area contributed by atoms with Crippen LogP contribution in [0.15, 0.2) is 53.7 Å². The molecule has 0 spiro atoms. The second kappa shape index (κ2) is 12.1. The highest BCUT2D eigenvalue weighted by atomic mass is 32.2. The van der Waals surface area contributed by atoms with Gasteiger partial charge in [-0.05, 0) is 35.7 Å². The highest BCUT2D eigenvalue weighted by Crippen LogP contribution is 2.20. The number of hydrogen-bond acceptors (Lipinski definition) is 7. The third-order valence-electron chi connectivity index (χ3n) is 4.97. The van der Waals surface area contributed by atoms with Crippen molar-refractivity contribution in [3.05, 3.63) is 59.9 Å². The molecule has 3 aromatic rings. The van der Waals surface area contributed by atoms with E-state index in [0.29, 0.717) is 34.1 Å². The van der Waals surface area contributed by atoms with Crippen molar-refractivity contribution in [1.82, 2.24) is 20.1 Å². The number of nitrogens with one attached hydrogen (secondary N) is 2. The van der Waals surface area contributed by atoms with Crippen LogP contribution in [0.2, 0.25) is 0 Å². The first kappa shape index (κ1) is 25.1. The van der Waals surface area contributed by atoms with Gasteiger partial charge in [-0.25, -0.2) is 0 Å². The van der Waals surface area contributed by atoms with Gasteiger partial charge in [-0.1, -0.05) is 43.8 Å². The number of thioether (sulfide) groups is 1. The zero-order valence-electron chi connectivity index (χ0n) is 19.7. The topological polar surface area (TPSA) is 107 Å². The first-order valence-electron chi connectivity index (χ1n) is 10.8. The van der Waals surface area contributed by atoms with E-state index in [1.807, 2.05) is 24.3 Å². The van der Waals surface area contributed by atoms with Crippen LogP contribution in [0.5, 0.6) is 11.5 Å². The summed E-state index contributed by atoms with van der Waals surface area (Å²) in [6, 6.07) is 14.9. The van der Waals surface area contributed by atoms with Crippen molar-refractivity contribution in [2.45, 2.75) is 31.5 Å². The standard InChI is InChI=1S/C24H29N5O4S/c1-16(2)17-8-10-19(11-9-17)33-14-22(30)25-13-21-27-28-24(29(21)3)34-15-23(31)26-18-6-5-7-20(12-18)32-4/h5-12,16H,13-15H2,1-4H3,(H,25,30)(H,26,31). The Balaban J connectivity index is 1.42. The van der Waals surface area contributed by atoms with Crippen LogP contribution in [-0.4, -0.2) is 46.0 Å². The van der Waals surface area contributed by atoms with Gasteiger partial charge in [0.25, 0.3) is 5.91 Å². The SMILES string of the molecule is COc1cccc(NC(=O)CSc2nnc(CNC(=O)COc3ccc(C(C)C)cc3)n2C)c1. The van der Waals surface area contributed by atoms with Crippen molar-refractivity contribution in [2.24, 2.45) is 7.05 Å². The maximum absolute atomic E-state index is 12.3. The number of hydrogen-bond donors (Lipinski definition) is 2. The van der Waals surface area contributed by atoms with E-state index in [1.54, 1.807) is 43.0 Å². The normalized spacial score (nSPS) is 10.7. The summed E-state index contributed by atoms with van der Waals surface area (Å²) in [4.78, 5) is 24.4. The Hall–Kier alpha value is -3.53. The molecule has 0 fully saturated rings. The molecule has 0 radical (unpaired) electrons. The fourth-order valence-corrected chi connectivity index (χ4v) is 3.71. The lowest BCUT2D eigenvalue weighted by Crippen LogP contribution is -2.29. The Labute approximate surface area is 203 Å². The average molecular weight is 484 g/mol. The molecule has 2 amide bonds. The summed E-state index contributed by atoms with van der Waals surface area (Å²) in [6.45, 7) is 4.35. The summed E-state index contributed by atoms with van der Waals surface area (Å²) in [5.41, 5.74) is 1.87. The first-order valence-corrected chi connectivity index (χ1v) is 11.8. The van der Waals surface area contributed by atoms with Crippen LogP contribution in [-0.2, 0) is 23.2 Å². The molecule has 0 aliphatic rings. The van der Waals surface area contributed by atoms with Crippen LogP contribution >= 0.6 is 11.8 Å².